The topological polar surface area (TPSA) is 46.9 Å². The van der Waals surface area contributed by atoms with Gasteiger partial charge >= 0.3 is 0 Å². The Morgan fingerprint density at radius 2 is 1.68 bits per heavy atom. The SMILES string of the molecule is C[C@@H](NC(=O)c1ccccc1)c1nc2ccccc2n1Cc1ccc(Cl)cc1. The Labute approximate surface area is 168 Å². The molecule has 0 fully saturated rings. The predicted molar refractivity (Wildman–Crippen MR) is 113 cm³/mol. The van der Waals surface area contributed by atoms with Crippen molar-refractivity contribution in [2.75, 3.05) is 0 Å². The lowest BCUT2D eigenvalue weighted by Crippen LogP contribution is -2.28. The number of amides is 1. The van der Waals surface area contributed by atoms with E-state index in [4.69, 9.17) is 16.6 Å². The molecule has 4 aromatic rings. The summed E-state index contributed by atoms with van der Waals surface area (Å²) >= 11 is 6.02. The van der Waals surface area contributed by atoms with E-state index in [1.165, 1.54) is 0 Å². The van der Waals surface area contributed by atoms with Gasteiger partial charge in [0.2, 0.25) is 0 Å². The molecule has 4 nitrogen and oxygen atoms in total. The van der Waals surface area contributed by atoms with Gasteiger partial charge in [-0.1, -0.05) is 54.1 Å². The van der Waals surface area contributed by atoms with Crippen LogP contribution in [0.2, 0.25) is 5.02 Å². The average Bonchev–Trinajstić information content (AvgIpc) is 3.09. The van der Waals surface area contributed by atoms with Crippen LogP contribution in [0.4, 0.5) is 0 Å². The van der Waals surface area contributed by atoms with Gasteiger partial charge in [0.25, 0.3) is 5.91 Å². The van der Waals surface area contributed by atoms with E-state index in [9.17, 15) is 4.79 Å². The van der Waals surface area contributed by atoms with Gasteiger partial charge in [0, 0.05) is 17.1 Å². The van der Waals surface area contributed by atoms with Crippen molar-refractivity contribution in [1.82, 2.24) is 14.9 Å². The van der Waals surface area contributed by atoms with E-state index in [-0.39, 0.29) is 11.9 Å². The molecule has 0 aliphatic heterocycles. The zero-order valence-corrected chi connectivity index (χ0v) is 16.2. The largest absolute Gasteiger partial charge is 0.342 e. The molecule has 4 rings (SSSR count). The molecule has 0 unspecified atom stereocenters. The molecular weight excluding hydrogens is 370 g/mol. The highest BCUT2D eigenvalue weighted by atomic mass is 35.5. The van der Waals surface area contributed by atoms with Gasteiger partial charge in [-0.15, -0.1) is 0 Å². The molecular formula is C23H20ClN3O. The standard InChI is InChI=1S/C23H20ClN3O/c1-16(25-23(28)18-7-3-2-4-8-18)22-26-20-9-5-6-10-21(20)27(22)15-17-11-13-19(24)14-12-17/h2-14,16H,15H2,1H3,(H,25,28)/t16-/m1/s1. The Morgan fingerprint density at radius 3 is 2.43 bits per heavy atom. The van der Waals surface area contributed by atoms with E-state index < -0.39 is 0 Å². The predicted octanol–water partition coefficient (Wildman–Crippen LogP) is 5.23. The number of carbonyl (C=O) groups excluding carboxylic acids is 1. The van der Waals surface area contributed by atoms with Crippen LogP contribution in [0, 0.1) is 0 Å². The second-order valence-electron chi connectivity index (χ2n) is 6.73. The summed E-state index contributed by atoms with van der Waals surface area (Å²) in [7, 11) is 0. The molecule has 28 heavy (non-hydrogen) atoms. The molecule has 1 heterocycles. The maximum absolute atomic E-state index is 12.6. The smallest absolute Gasteiger partial charge is 0.251 e. The van der Waals surface area contributed by atoms with Gasteiger partial charge in [0.15, 0.2) is 0 Å². The molecule has 0 spiro atoms. The number of fused-ring (bicyclic) bond motifs is 1. The minimum atomic E-state index is -0.243. The summed E-state index contributed by atoms with van der Waals surface area (Å²) in [5.74, 6) is 0.707. The lowest BCUT2D eigenvalue weighted by molar-refractivity contribution is 0.0938. The normalized spacial score (nSPS) is 12.1. The first kappa shape index (κ1) is 18.3. The quantitative estimate of drug-likeness (QED) is 0.508. The first-order valence-corrected chi connectivity index (χ1v) is 9.55. The highest BCUT2D eigenvalue weighted by Crippen LogP contribution is 2.23. The molecule has 5 heteroatoms. The third-order valence-corrected chi connectivity index (χ3v) is 4.96. The van der Waals surface area contributed by atoms with Crippen molar-refractivity contribution in [3.8, 4) is 0 Å². The Bertz CT molecular complexity index is 1100. The van der Waals surface area contributed by atoms with Crippen LogP contribution in [0.25, 0.3) is 11.0 Å². The van der Waals surface area contributed by atoms with Crippen molar-refractivity contribution in [3.05, 3.63) is 101 Å². The Kier molecular flexibility index (Phi) is 5.13. The van der Waals surface area contributed by atoms with Gasteiger partial charge < -0.3 is 9.88 Å². The fraction of sp³-hybridized carbons (Fsp3) is 0.130. The van der Waals surface area contributed by atoms with E-state index in [1.807, 2.05) is 73.7 Å². The van der Waals surface area contributed by atoms with Crippen LogP contribution < -0.4 is 5.32 Å². The number of para-hydroxylation sites is 2. The van der Waals surface area contributed by atoms with Crippen molar-refractivity contribution in [2.24, 2.45) is 0 Å². The average molecular weight is 390 g/mol. The molecule has 0 saturated heterocycles. The zero-order chi connectivity index (χ0) is 19.5. The van der Waals surface area contributed by atoms with Crippen molar-refractivity contribution in [2.45, 2.75) is 19.5 Å². The van der Waals surface area contributed by atoms with E-state index in [0.29, 0.717) is 17.1 Å². The van der Waals surface area contributed by atoms with Crippen molar-refractivity contribution in [1.29, 1.82) is 0 Å². The van der Waals surface area contributed by atoms with Crippen LogP contribution in [-0.2, 0) is 6.54 Å². The first-order chi connectivity index (χ1) is 13.6. The molecule has 0 aliphatic rings. The molecule has 0 saturated carbocycles. The van der Waals surface area contributed by atoms with Crippen molar-refractivity contribution >= 4 is 28.5 Å². The number of nitrogens with zero attached hydrogens (tertiary/aromatic N) is 2. The second kappa shape index (κ2) is 7.87. The van der Waals surface area contributed by atoms with Crippen LogP contribution in [0.3, 0.4) is 0 Å². The molecule has 1 aromatic heterocycles. The molecule has 1 amide bonds. The number of hydrogen-bond donors (Lipinski definition) is 1. The summed E-state index contributed by atoms with van der Waals surface area (Å²) < 4.78 is 2.15. The van der Waals surface area contributed by atoms with Crippen LogP contribution in [-0.4, -0.2) is 15.5 Å². The van der Waals surface area contributed by atoms with E-state index in [1.54, 1.807) is 12.1 Å². The number of halogens is 1. The van der Waals surface area contributed by atoms with Crippen LogP contribution in [0.5, 0.6) is 0 Å². The molecule has 0 radical (unpaired) electrons. The second-order valence-corrected chi connectivity index (χ2v) is 7.17. The highest BCUT2D eigenvalue weighted by molar-refractivity contribution is 6.30. The number of aromatic nitrogens is 2. The summed E-state index contributed by atoms with van der Waals surface area (Å²) in [6.45, 7) is 2.61. The lowest BCUT2D eigenvalue weighted by atomic mass is 10.2. The molecule has 3 aromatic carbocycles. The van der Waals surface area contributed by atoms with Gasteiger partial charge in [-0.2, -0.15) is 0 Å². The Balaban J connectivity index is 1.67. The number of hydrogen-bond acceptors (Lipinski definition) is 2. The maximum atomic E-state index is 12.6. The lowest BCUT2D eigenvalue weighted by Gasteiger charge is -2.16. The van der Waals surface area contributed by atoms with Gasteiger partial charge in [-0.05, 0) is 48.9 Å². The monoisotopic (exact) mass is 389 g/mol. The highest BCUT2D eigenvalue weighted by Gasteiger charge is 2.19. The molecule has 140 valence electrons. The van der Waals surface area contributed by atoms with Gasteiger partial charge in [0.05, 0.1) is 17.1 Å². The first-order valence-electron chi connectivity index (χ1n) is 9.17. The van der Waals surface area contributed by atoms with Gasteiger partial charge in [-0.25, -0.2) is 4.98 Å². The molecule has 0 aliphatic carbocycles. The molecule has 1 N–H and O–H groups in total. The fourth-order valence-electron chi connectivity index (χ4n) is 3.30. The summed E-state index contributed by atoms with van der Waals surface area (Å²) in [6, 6.07) is 24.8. The molecule has 0 bridgehead atoms. The third-order valence-electron chi connectivity index (χ3n) is 4.71. The van der Waals surface area contributed by atoms with E-state index >= 15 is 0 Å². The Hall–Kier alpha value is -3.11. The van der Waals surface area contributed by atoms with E-state index in [2.05, 4.69) is 9.88 Å². The number of carbonyl (C=O) groups is 1. The Morgan fingerprint density at radius 1 is 1.00 bits per heavy atom. The van der Waals surface area contributed by atoms with Gasteiger partial charge in [-0.3, -0.25) is 4.79 Å². The number of benzene rings is 3. The fourth-order valence-corrected chi connectivity index (χ4v) is 3.42. The summed E-state index contributed by atoms with van der Waals surface area (Å²) in [5.41, 5.74) is 3.70. The van der Waals surface area contributed by atoms with Crippen molar-refractivity contribution in [3.63, 3.8) is 0 Å². The minimum Gasteiger partial charge on any atom is -0.342 e. The van der Waals surface area contributed by atoms with Crippen molar-refractivity contribution < 1.29 is 4.79 Å². The summed E-state index contributed by atoms with van der Waals surface area (Å²) in [6.07, 6.45) is 0. The zero-order valence-electron chi connectivity index (χ0n) is 15.5. The summed E-state index contributed by atoms with van der Waals surface area (Å²) in [5, 5.41) is 3.78. The number of imidazole rings is 1. The van der Waals surface area contributed by atoms with Crippen LogP contribution in [0.15, 0.2) is 78.9 Å². The summed E-state index contributed by atoms with van der Waals surface area (Å²) in [4.78, 5) is 17.4. The maximum Gasteiger partial charge on any atom is 0.251 e. The van der Waals surface area contributed by atoms with Crippen LogP contribution >= 0.6 is 11.6 Å². The third kappa shape index (κ3) is 3.78. The van der Waals surface area contributed by atoms with Crippen LogP contribution in [0.1, 0.15) is 34.7 Å². The van der Waals surface area contributed by atoms with E-state index in [0.717, 1.165) is 22.4 Å². The molecule has 1 atom stereocenters. The number of rotatable bonds is 5. The number of nitrogens with one attached hydrogen (secondary N) is 1. The minimum absolute atomic E-state index is 0.113. The van der Waals surface area contributed by atoms with Gasteiger partial charge in [0.1, 0.15) is 5.82 Å².